The summed E-state index contributed by atoms with van der Waals surface area (Å²) in [6.07, 6.45) is 0. The molecular formula is C24H27N5O3S. The Kier molecular flexibility index (Phi) is 6.06. The maximum absolute atomic E-state index is 13.0. The second kappa shape index (κ2) is 9.29. The first-order valence-corrected chi connectivity index (χ1v) is 11.8. The molecule has 0 atom stereocenters. The van der Waals surface area contributed by atoms with Crippen molar-refractivity contribution in [2.75, 3.05) is 55.5 Å². The third-order valence-electron chi connectivity index (χ3n) is 6.03. The van der Waals surface area contributed by atoms with Crippen LogP contribution in [0.1, 0.15) is 21.6 Å². The van der Waals surface area contributed by atoms with E-state index >= 15 is 0 Å². The number of hydrogen-bond donors (Lipinski definition) is 2. The lowest BCUT2D eigenvalue weighted by molar-refractivity contribution is 0.102. The quantitative estimate of drug-likeness (QED) is 0.578. The average Bonchev–Trinajstić information content (AvgIpc) is 3.51. The largest absolute Gasteiger partial charge is 0.493 e. The van der Waals surface area contributed by atoms with Crippen LogP contribution < -0.4 is 29.9 Å². The predicted molar refractivity (Wildman–Crippen MR) is 131 cm³/mol. The minimum absolute atomic E-state index is 0.194. The number of benzene rings is 2. The zero-order valence-corrected chi connectivity index (χ0v) is 19.6. The molecule has 0 aliphatic carbocycles. The fourth-order valence-corrected chi connectivity index (χ4v) is 5.13. The van der Waals surface area contributed by atoms with Gasteiger partial charge in [-0.25, -0.2) is 4.98 Å². The Morgan fingerprint density at radius 1 is 1.03 bits per heavy atom. The maximum Gasteiger partial charge on any atom is 0.275 e. The third-order valence-corrected chi connectivity index (χ3v) is 6.93. The average molecular weight is 466 g/mol. The van der Waals surface area contributed by atoms with Gasteiger partial charge in [-0.2, -0.15) is 0 Å². The van der Waals surface area contributed by atoms with Crippen LogP contribution in [-0.4, -0.2) is 51.3 Å². The van der Waals surface area contributed by atoms with Crippen molar-refractivity contribution in [1.82, 2.24) is 10.3 Å². The van der Waals surface area contributed by atoms with Gasteiger partial charge in [-0.05, 0) is 35.4 Å². The number of thiazole rings is 1. The topological polar surface area (TPSA) is 79.0 Å². The van der Waals surface area contributed by atoms with Gasteiger partial charge in [-0.15, -0.1) is 11.3 Å². The van der Waals surface area contributed by atoms with Crippen LogP contribution in [0.2, 0.25) is 0 Å². The summed E-state index contributed by atoms with van der Waals surface area (Å²) in [6, 6.07) is 12.0. The molecule has 2 aliphatic heterocycles. The summed E-state index contributed by atoms with van der Waals surface area (Å²) in [6.45, 7) is 5.14. The molecule has 0 unspecified atom stereocenters. The van der Waals surface area contributed by atoms with Crippen LogP contribution in [0.15, 0.2) is 41.8 Å². The molecule has 2 N–H and O–H groups in total. The SMILES string of the molecule is COc1cc2c(cc1OC)CN(c1nc(C(=O)Nc3ccccc3N3CCNCC3)cs1)C2. The molecule has 3 heterocycles. The fourth-order valence-electron chi connectivity index (χ4n) is 4.32. The van der Waals surface area contributed by atoms with E-state index in [2.05, 4.69) is 31.5 Å². The van der Waals surface area contributed by atoms with Crippen molar-refractivity contribution in [1.29, 1.82) is 0 Å². The molecule has 1 fully saturated rings. The predicted octanol–water partition coefficient (Wildman–Crippen LogP) is 3.34. The van der Waals surface area contributed by atoms with Crippen molar-refractivity contribution < 1.29 is 14.3 Å². The summed E-state index contributed by atoms with van der Waals surface area (Å²) in [5, 5.41) is 9.08. The molecule has 33 heavy (non-hydrogen) atoms. The van der Waals surface area contributed by atoms with Crippen LogP contribution in [-0.2, 0) is 13.1 Å². The standard InChI is InChI=1S/C24H27N5O3S/c1-31-21-11-16-13-29(14-17(16)12-22(21)32-2)24-27-19(15-33-24)23(30)26-18-5-3-4-6-20(18)28-9-7-25-8-10-28/h3-6,11-12,15,25H,7-10,13-14H2,1-2H3,(H,26,30). The van der Waals surface area contributed by atoms with Gasteiger partial charge in [0.15, 0.2) is 16.6 Å². The summed E-state index contributed by atoms with van der Waals surface area (Å²) in [5.41, 5.74) is 4.64. The van der Waals surface area contributed by atoms with Gasteiger partial charge in [0.2, 0.25) is 0 Å². The molecule has 0 spiro atoms. The van der Waals surface area contributed by atoms with Crippen LogP contribution in [0.4, 0.5) is 16.5 Å². The Morgan fingerprint density at radius 3 is 2.36 bits per heavy atom. The van der Waals surface area contributed by atoms with Gasteiger partial charge in [0.25, 0.3) is 5.91 Å². The molecule has 1 aromatic heterocycles. The first-order chi connectivity index (χ1) is 16.2. The second-order valence-corrected chi connectivity index (χ2v) is 8.89. The van der Waals surface area contributed by atoms with Crippen LogP contribution in [0.25, 0.3) is 0 Å². The Morgan fingerprint density at radius 2 is 1.70 bits per heavy atom. The summed E-state index contributed by atoms with van der Waals surface area (Å²) in [5.74, 6) is 1.25. The maximum atomic E-state index is 13.0. The van der Waals surface area contributed by atoms with Crippen LogP contribution in [0.5, 0.6) is 11.5 Å². The van der Waals surface area contributed by atoms with Gasteiger partial charge in [-0.3, -0.25) is 4.79 Å². The summed E-state index contributed by atoms with van der Waals surface area (Å²) >= 11 is 1.48. The van der Waals surface area contributed by atoms with Gasteiger partial charge in [0.1, 0.15) is 5.69 Å². The number of aromatic nitrogens is 1. The highest BCUT2D eigenvalue weighted by molar-refractivity contribution is 7.13. The van der Waals surface area contributed by atoms with Crippen molar-refractivity contribution in [2.45, 2.75) is 13.1 Å². The molecule has 8 nitrogen and oxygen atoms in total. The monoisotopic (exact) mass is 465 g/mol. The molecule has 2 aromatic carbocycles. The van der Waals surface area contributed by atoms with Crippen molar-refractivity contribution in [3.8, 4) is 11.5 Å². The molecule has 0 saturated carbocycles. The molecule has 0 radical (unpaired) electrons. The molecule has 3 aromatic rings. The van der Waals surface area contributed by atoms with Gasteiger partial charge in [-0.1, -0.05) is 12.1 Å². The number of fused-ring (bicyclic) bond motifs is 1. The highest BCUT2D eigenvalue weighted by Crippen LogP contribution is 2.37. The van der Waals surface area contributed by atoms with Crippen molar-refractivity contribution in [3.63, 3.8) is 0 Å². The first-order valence-electron chi connectivity index (χ1n) is 11.0. The minimum atomic E-state index is -0.194. The van der Waals surface area contributed by atoms with E-state index in [1.54, 1.807) is 14.2 Å². The van der Waals surface area contributed by atoms with E-state index in [0.717, 1.165) is 67.3 Å². The van der Waals surface area contributed by atoms with E-state index in [1.165, 1.54) is 22.5 Å². The van der Waals surface area contributed by atoms with E-state index in [1.807, 2.05) is 35.7 Å². The Bertz CT molecular complexity index is 1130. The smallest absolute Gasteiger partial charge is 0.275 e. The number of nitrogens with zero attached hydrogens (tertiary/aromatic N) is 3. The zero-order valence-electron chi connectivity index (χ0n) is 18.8. The number of methoxy groups -OCH3 is 2. The molecule has 9 heteroatoms. The normalized spacial score (nSPS) is 15.3. The summed E-state index contributed by atoms with van der Waals surface area (Å²) in [4.78, 5) is 22.1. The fraction of sp³-hybridized carbons (Fsp3) is 0.333. The number of carbonyl (C=O) groups excluding carboxylic acids is 1. The minimum Gasteiger partial charge on any atom is -0.493 e. The molecule has 1 saturated heterocycles. The number of hydrogen-bond acceptors (Lipinski definition) is 8. The lowest BCUT2D eigenvalue weighted by Crippen LogP contribution is -2.43. The van der Waals surface area contributed by atoms with E-state index in [0.29, 0.717) is 5.69 Å². The summed E-state index contributed by atoms with van der Waals surface area (Å²) in [7, 11) is 3.28. The van der Waals surface area contributed by atoms with Gasteiger partial charge < -0.3 is 29.9 Å². The molecule has 2 aliphatic rings. The van der Waals surface area contributed by atoms with E-state index in [4.69, 9.17) is 9.47 Å². The van der Waals surface area contributed by atoms with Gasteiger partial charge in [0.05, 0.1) is 25.6 Å². The summed E-state index contributed by atoms with van der Waals surface area (Å²) < 4.78 is 10.9. The Labute approximate surface area is 197 Å². The van der Waals surface area contributed by atoms with Crippen LogP contribution in [0, 0.1) is 0 Å². The molecular weight excluding hydrogens is 438 g/mol. The number of rotatable bonds is 6. The number of nitrogens with one attached hydrogen (secondary N) is 2. The van der Waals surface area contributed by atoms with E-state index < -0.39 is 0 Å². The van der Waals surface area contributed by atoms with Crippen molar-refractivity contribution in [2.24, 2.45) is 0 Å². The van der Waals surface area contributed by atoms with Crippen LogP contribution >= 0.6 is 11.3 Å². The number of amides is 1. The lowest BCUT2D eigenvalue weighted by Gasteiger charge is -2.31. The van der Waals surface area contributed by atoms with Crippen molar-refractivity contribution in [3.05, 3.63) is 58.6 Å². The number of carbonyl (C=O) groups is 1. The van der Waals surface area contributed by atoms with E-state index in [9.17, 15) is 4.79 Å². The molecule has 1 amide bonds. The van der Waals surface area contributed by atoms with Crippen LogP contribution in [0.3, 0.4) is 0 Å². The van der Waals surface area contributed by atoms with E-state index in [-0.39, 0.29) is 5.91 Å². The zero-order chi connectivity index (χ0) is 22.8. The van der Waals surface area contributed by atoms with Gasteiger partial charge in [0, 0.05) is 44.6 Å². The lowest BCUT2D eigenvalue weighted by atomic mass is 10.1. The molecule has 172 valence electrons. The number of anilines is 3. The number of ether oxygens (including phenoxy) is 2. The molecule has 0 bridgehead atoms. The number of para-hydroxylation sites is 2. The highest BCUT2D eigenvalue weighted by atomic mass is 32.1. The first kappa shape index (κ1) is 21.5. The highest BCUT2D eigenvalue weighted by Gasteiger charge is 2.25. The Hall–Kier alpha value is -3.30. The number of piperazine rings is 1. The van der Waals surface area contributed by atoms with Gasteiger partial charge >= 0.3 is 0 Å². The van der Waals surface area contributed by atoms with Crippen molar-refractivity contribution >= 4 is 33.8 Å². The Balaban J connectivity index is 1.30. The molecule has 5 rings (SSSR count). The second-order valence-electron chi connectivity index (χ2n) is 8.06. The third kappa shape index (κ3) is 4.34.